The molecule has 104 valence electrons. The van der Waals surface area contributed by atoms with Crippen LogP contribution in [0.2, 0.25) is 0 Å². The quantitative estimate of drug-likeness (QED) is 0.912. The van der Waals surface area contributed by atoms with E-state index in [0.29, 0.717) is 18.7 Å². The van der Waals surface area contributed by atoms with Crippen molar-refractivity contribution in [2.75, 3.05) is 13.6 Å². The van der Waals surface area contributed by atoms with E-state index < -0.39 is 5.60 Å². The van der Waals surface area contributed by atoms with Gasteiger partial charge in [0.1, 0.15) is 5.69 Å². The third-order valence-electron chi connectivity index (χ3n) is 3.55. The molecule has 0 saturated carbocycles. The van der Waals surface area contributed by atoms with Crippen molar-refractivity contribution in [2.45, 2.75) is 12.0 Å². The van der Waals surface area contributed by atoms with Crippen molar-refractivity contribution in [3.63, 3.8) is 0 Å². The number of likely N-dealkylation sites (N-methyl/N-ethyl adjacent to an activating group) is 1. The predicted octanol–water partition coefficient (Wildman–Crippen LogP) is 2.15. The molecule has 0 aliphatic carbocycles. The number of carbonyl (C=O) groups excluding carboxylic acids is 1. The Labute approximate surface area is 124 Å². The van der Waals surface area contributed by atoms with Gasteiger partial charge in [-0.1, -0.05) is 33.2 Å². The standard InChI is InChI=1S/C14H13BrN2O3/c1-17-6-5-14(19,13(17)18)12-8-11(16-20-12)9-3-2-4-10(15)7-9/h2-4,7-8,19H,5-6H2,1H3/t14-/m0/s1. The van der Waals surface area contributed by atoms with Crippen molar-refractivity contribution >= 4 is 21.8 Å². The Hall–Kier alpha value is -1.66. The third-order valence-corrected chi connectivity index (χ3v) is 4.04. The first-order valence-corrected chi connectivity index (χ1v) is 7.01. The highest BCUT2D eigenvalue weighted by Gasteiger charge is 2.48. The molecule has 6 heteroatoms. The Kier molecular flexibility index (Phi) is 3.14. The average Bonchev–Trinajstić information content (AvgIpc) is 3.02. The third kappa shape index (κ3) is 2.05. The molecular weight excluding hydrogens is 324 g/mol. The molecule has 2 aromatic rings. The van der Waals surface area contributed by atoms with E-state index in [1.807, 2.05) is 24.3 Å². The summed E-state index contributed by atoms with van der Waals surface area (Å²) in [5.41, 5.74) is -0.139. The number of hydrogen-bond acceptors (Lipinski definition) is 4. The number of likely N-dealkylation sites (tertiary alicyclic amines) is 1. The van der Waals surface area contributed by atoms with E-state index in [9.17, 15) is 9.90 Å². The Morgan fingerprint density at radius 1 is 1.45 bits per heavy atom. The molecule has 0 bridgehead atoms. The second-order valence-corrected chi connectivity index (χ2v) is 5.84. The van der Waals surface area contributed by atoms with Gasteiger partial charge < -0.3 is 14.5 Å². The fourth-order valence-electron chi connectivity index (χ4n) is 2.34. The van der Waals surface area contributed by atoms with Gasteiger partial charge in [-0.15, -0.1) is 0 Å². The van der Waals surface area contributed by atoms with Gasteiger partial charge in [0.15, 0.2) is 5.76 Å². The summed E-state index contributed by atoms with van der Waals surface area (Å²) in [7, 11) is 1.66. The molecular formula is C14H13BrN2O3. The highest BCUT2D eigenvalue weighted by molar-refractivity contribution is 9.10. The van der Waals surface area contributed by atoms with Crippen LogP contribution < -0.4 is 0 Å². The summed E-state index contributed by atoms with van der Waals surface area (Å²) < 4.78 is 6.13. The molecule has 3 rings (SSSR count). The first-order chi connectivity index (χ1) is 9.50. The number of nitrogens with zero attached hydrogens (tertiary/aromatic N) is 2. The van der Waals surface area contributed by atoms with E-state index in [0.717, 1.165) is 10.0 Å². The number of aromatic nitrogens is 1. The van der Waals surface area contributed by atoms with E-state index in [4.69, 9.17) is 4.52 Å². The van der Waals surface area contributed by atoms with Gasteiger partial charge in [0.2, 0.25) is 5.60 Å². The molecule has 20 heavy (non-hydrogen) atoms. The maximum atomic E-state index is 12.0. The van der Waals surface area contributed by atoms with Crippen molar-refractivity contribution in [3.8, 4) is 11.3 Å². The van der Waals surface area contributed by atoms with E-state index in [1.54, 1.807) is 13.1 Å². The van der Waals surface area contributed by atoms with Crippen LogP contribution in [0.4, 0.5) is 0 Å². The number of halogens is 1. The summed E-state index contributed by atoms with van der Waals surface area (Å²) in [6, 6.07) is 9.20. The fourth-order valence-corrected chi connectivity index (χ4v) is 2.74. The Morgan fingerprint density at radius 2 is 2.25 bits per heavy atom. The van der Waals surface area contributed by atoms with Gasteiger partial charge in [-0.3, -0.25) is 4.79 Å². The van der Waals surface area contributed by atoms with Crippen molar-refractivity contribution in [3.05, 3.63) is 40.6 Å². The fraction of sp³-hybridized carbons (Fsp3) is 0.286. The summed E-state index contributed by atoms with van der Waals surface area (Å²) in [5.74, 6) is -0.156. The number of rotatable bonds is 2. The molecule has 0 unspecified atom stereocenters. The molecule has 0 spiro atoms. The Balaban J connectivity index is 1.97. The molecule has 1 amide bonds. The normalized spacial score (nSPS) is 22.6. The van der Waals surface area contributed by atoms with E-state index in [1.165, 1.54) is 4.90 Å². The highest BCUT2D eigenvalue weighted by atomic mass is 79.9. The van der Waals surface area contributed by atoms with Crippen molar-refractivity contribution in [2.24, 2.45) is 0 Å². The predicted molar refractivity (Wildman–Crippen MR) is 75.8 cm³/mol. The van der Waals surface area contributed by atoms with Crippen LogP contribution in [0.1, 0.15) is 12.2 Å². The van der Waals surface area contributed by atoms with Crippen molar-refractivity contribution < 1.29 is 14.4 Å². The number of benzene rings is 1. The SMILES string of the molecule is CN1CC[C@](O)(c2cc(-c3cccc(Br)c3)no2)C1=O. The first-order valence-electron chi connectivity index (χ1n) is 6.22. The molecule has 5 nitrogen and oxygen atoms in total. The maximum Gasteiger partial charge on any atom is 0.262 e. The van der Waals surface area contributed by atoms with Crippen LogP contribution in [-0.2, 0) is 10.4 Å². The Bertz CT molecular complexity index is 670. The highest BCUT2D eigenvalue weighted by Crippen LogP contribution is 2.34. The average molecular weight is 337 g/mol. The molecule has 1 fully saturated rings. The van der Waals surface area contributed by atoms with Gasteiger partial charge in [-0.25, -0.2) is 0 Å². The lowest BCUT2D eigenvalue weighted by atomic mass is 9.98. The second kappa shape index (κ2) is 4.71. The molecule has 1 aliphatic heterocycles. The van der Waals surface area contributed by atoms with Gasteiger partial charge in [-0.2, -0.15) is 0 Å². The van der Waals surface area contributed by atoms with E-state index >= 15 is 0 Å². The lowest BCUT2D eigenvalue weighted by Crippen LogP contribution is -2.35. The summed E-state index contributed by atoms with van der Waals surface area (Å²) in [6.45, 7) is 0.502. The Morgan fingerprint density at radius 3 is 2.90 bits per heavy atom. The van der Waals surface area contributed by atoms with Crippen LogP contribution in [0, 0.1) is 0 Å². The topological polar surface area (TPSA) is 66.6 Å². The zero-order valence-electron chi connectivity index (χ0n) is 10.8. The summed E-state index contributed by atoms with van der Waals surface area (Å²) >= 11 is 3.39. The molecule has 0 radical (unpaired) electrons. The number of hydrogen-bond donors (Lipinski definition) is 1. The first kappa shape index (κ1) is 13.3. The zero-order chi connectivity index (χ0) is 14.3. The van der Waals surface area contributed by atoms with Crippen LogP contribution in [0.5, 0.6) is 0 Å². The van der Waals surface area contributed by atoms with E-state index in [-0.39, 0.29) is 11.7 Å². The van der Waals surface area contributed by atoms with Gasteiger partial charge in [0, 0.05) is 36.1 Å². The maximum absolute atomic E-state index is 12.0. The summed E-state index contributed by atoms with van der Waals surface area (Å²) in [5, 5.41) is 14.4. The second-order valence-electron chi connectivity index (χ2n) is 4.92. The number of aliphatic hydroxyl groups is 1. The number of amides is 1. The molecule has 1 N–H and O–H groups in total. The van der Waals surface area contributed by atoms with Crippen molar-refractivity contribution in [1.29, 1.82) is 0 Å². The van der Waals surface area contributed by atoms with Gasteiger partial charge in [0.05, 0.1) is 0 Å². The molecule has 1 atom stereocenters. The van der Waals surface area contributed by atoms with Crippen LogP contribution in [0.3, 0.4) is 0 Å². The lowest BCUT2D eigenvalue weighted by molar-refractivity contribution is -0.144. The monoisotopic (exact) mass is 336 g/mol. The van der Waals surface area contributed by atoms with Crippen LogP contribution in [0.15, 0.2) is 39.3 Å². The number of carbonyl (C=O) groups is 1. The molecule has 1 aromatic heterocycles. The smallest absolute Gasteiger partial charge is 0.262 e. The minimum absolute atomic E-state index is 0.196. The molecule has 1 saturated heterocycles. The van der Waals surface area contributed by atoms with Gasteiger partial charge in [-0.05, 0) is 12.1 Å². The van der Waals surface area contributed by atoms with Crippen LogP contribution in [-0.4, -0.2) is 34.7 Å². The van der Waals surface area contributed by atoms with Gasteiger partial charge in [0.25, 0.3) is 5.91 Å². The van der Waals surface area contributed by atoms with Crippen LogP contribution in [0.25, 0.3) is 11.3 Å². The minimum Gasteiger partial charge on any atom is -0.373 e. The molecule has 1 aliphatic rings. The largest absolute Gasteiger partial charge is 0.373 e. The van der Waals surface area contributed by atoms with E-state index in [2.05, 4.69) is 21.1 Å². The molecule has 1 aromatic carbocycles. The minimum atomic E-state index is -1.59. The summed E-state index contributed by atoms with van der Waals surface area (Å²) in [4.78, 5) is 13.5. The van der Waals surface area contributed by atoms with Gasteiger partial charge >= 0.3 is 0 Å². The lowest BCUT2D eigenvalue weighted by Gasteiger charge is -2.16. The van der Waals surface area contributed by atoms with Crippen LogP contribution >= 0.6 is 15.9 Å². The zero-order valence-corrected chi connectivity index (χ0v) is 12.4. The van der Waals surface area contributed by atoms with Crippen molar-refractivity contribution in [1.82, 2.24) is 10.1 Å². The summed E-state index contributed by atoms with van der Waals surface area (Å²) in [6.07, 6.45) is 0.315. The molecule has 2 heterocycles.